The van der Waals surface area contributed by atoms with Gasteiger partial charge in [-0.25, -0.2) is 0 Å². The quantitative estimate of drug-likeness (QED) is 0.663. The molecule has 134 valence electrons. The van der Waals surface area contributed by atoms with E-state index in [4.69, 9.17) is 4.74 Å². The standard InChI is InChI=1S/C21H16N2O3S/c1-26-17-5-3-2-4-16(17)18-19(21(25)23-20(18)24)22-15-8-6-13(7-9-15)14-10-11-27-12-14/h2-12H,1H3,(H2,22,23,24,25). The summed E-state index contributed by atoms with van der Waals surface area (Å²) in [6, 6.07) is 16.9. The number of imide groups is 1. The summed E-state index contributed by atoms with van der Waals surface area (Å²) >= 11 is 1.64. The Bertz CT molecular complexity index is 1040. The van der Waals surface area contributed by atoms with Gasteiger partial charge in [0.25, 0.3) is 11.8 Å². The highest BCUT2D eigenvalue weighted by atomic mass is 32.1. The number of thiophene rings is 1. The Morgan fingerprint density at radius 3 is 2.41 bits per heavy atom. The fourth-order valence-electron chi connectivity index (χ4n) is 3.00. The monoisotopic (exact) mass is 376 g/mol. The second-order valence-corrected chi connectivity index (χ2v) is 6.73. The second-order valence-electron chi connectivity index (χ2n) is 5.95. The molecule has 1 aliphatic heterocycles. The number of carbonyl (C=O) groups is 2. The van der Waals surface area contributed by atoms with E-state index in [1.165, 1.54) is 7.11 Å². The number of rotatable bonds is 5. The summed E-state index contributed by atoms with van der Waals surface area (Å²) in [6.07, 6.45) is 0. The number of carbonyl (C=O) groups excluding carboxylic acids is 2. The molecule has 0 saturated carbocycles. The molecule has 2 heterocycles. The maximum absolute atomic E-state index is 12.4. The maximum Gasteiger partial charge on any atom is 0.275 e. The summed E-state index contributed by atoms with van der Waals surface area (Å²) in [7, 11) is 1.53. The van der Waals surface area contributed by atoms with Crippen LogP contribution in [-0.2, 0) is 9.59 Å². The SMILES string of the molecule is COc1ccccc1C1=C(Nc2ccc(-c3ccsc3)cc2)C(=O)NC1=O. The molecule has 0 atom stereocenters. The molecule has 5 nitrogen and oxygen atoms in total. The zero-order valence-electron chi connectivity index (χ0n) is 14.5. The number of para-hydroxylation sites is 1. The van der Waals surface area contributed by atoms with Crippen molar-refractivity contribution in [1.29, 1.82) is 0 Å². The third-order valence-corrected chi connectivity index (χ3v) is 5.00. The topological polar surface area (TPSA) is 67.4 Å². The average molecular weight is 376 g/mol. The predicted molar refractivity (Wildman–Crippen MR) is 106 cm³/mol. The molecule has 1 aliphatic rings. The van der Waals surface area contributed by atoms with E-state index in [0.29, 0.717) is 11.3 Å². The summed E-state index contributed by atoms with van der Waals surface area (Å²) < 4.78 is 5.34. The Labute approximate surface area is 160 Å². The van der Waals surface area contributed by atoms with Gasteiger partial charge in [0.05, 0.1) is 12.7 Å². The fourth-order valence-corrected chi connectivity index (χ4v) is 3.67. The van der Waals surface area contributed by atoms with Crippen molar-refractivity contribution in [1.82, 2.24) is 5.32 Å². The molecule has 6 heteroatoms. The molecular formula is C21H16N2O3S. The molecule has 0 fully saturated rings. The molecule has 0 spiro atoms. The van der Waals surface area contributed by atoms with E-state index in [1.807, 2.05) is 35.7 Å². The normalized spacial score (nSPS) is 13.7. The number of hydrogen-bond donors (Lipinski definition) is 2. The molecule has 27 heavy (non-hydrogen) atoms. The molecule has 0 unspecified atom stereocenters. The van der Waals surface area contributed by atoms with Crippen LogP contribution < -0.4 is 15.4 Å². The van der Waals surface area contributed by atoms with Crippen LogP contribution in [0.3, 0.4) is 0 Å². The van der Waals surface area contributed by atoms with E-state index in [2.05, 4.69) is 22.1 Å². The van der Waals surface area contributed by atoms with E-state index in [0.717, 1.165) is 16.8 Å². The van der Waals surface area contributed by atoms with Gasteiger partial charge in [-0.3, -0.25) is 14.9 Å². The van der Waals surface area contributed by atoms with Crippen molar-refractivity contribution >= 4 is 34.4 Å². The molecule has 2 aromatic carbocycles. The van der Waals surface area contributed by atoms with Gasteiger partial charge >= 0.3 is 0 Å². The number of benzene rings is 2. The summed E-state index contributed by atoms with van der Waals surface area (Å²) in [5, 5.41) is 9.54. The van der Waals surface area contributed by atoms with Gasteiger partial charge in [-0.15, -0.1) is 0 Å². The largest absolute Gasteiger partial charge is 0.496 e. The minimum atomic E-state index is -0.456. The summed E-state index contributed by atoms with van der Waals surface area (Å²) in [5.74, 6) is -0.367. The van der Waals surface area contributed by atoms with Crippen LogP contribution in [0.15, 0.2) is 71.1 Å². The molecule has 2 amide bonds. The molecule has 0 aliphatic carbocycles. The molecule has 3 aromatic rings. The maximum atomic E-state index is 12.4. The molecule has 1 aromatic heterocycles. The highest BCUT2D eigenvalue weighted by Crippen LogP contribution is 2.32. The average Bonchev–Trinajstić information content (AvgIpc) is 3.31. The van der Waals surface area contributed by atoms with Crippen molar-refractivity contribution in [2.24, 2.45) is 0 Å². The Balaban J connectivity index is 1.70. The lowest BCUT2D eigenvalue weighted by Crippen LogP contribution is -2.24. The van der Waals surface area contributed by atoms with Crippen LogP contribution in [0.25, 0.3) is 16.7 Å². The van der Waals surface area contributed by atoms with Crippen molar-refractivity contribution in [2.45, 2.75) is 0 Å². The smallest absolute Gasteiger partial charge is 0.275 e. The fraction of sp³-hybridized carbons (Fsp3) is 0.0476. The first-order chi connectivity index (χ1) is 13.2. The minimum absolute atomic E-state index is 0.216. The van der Waals surface area contributed by atoms with Crippen LogP contribution in [0.4, 0.5) is 5.69 Å². The number of nitrogens with one attached hydrogen (secondary N) is 2. The summed E-state index contributed by atoms with van der Waals surface area (Å²) in [5.41, 5.74) is 4.02. The van der Waals surface area contributed by atoms with Crippen molar-refractivity contribution in [2.75, 3.05) is 12.4 Å². The third kappa shape index (κ3) is 3.22. The summed E-state index contributed by atoms with van der Waals surface area (Å²) in [6.45, 7) is 0. The van der Waals surface area contributed by atoms with Gasteiger partial charge in [0, 0.05) is 11.3 Å². The Kier molecular flexibility index (Phi) is 4.48. The molecule has 0 radical (unpaired) electrons. The number of anilines is 1. The molecular weight excluding hydrogens is 360 g/mol. The molecule has 2 N–H and O–H groups in total. The zero-order valence-corrected chi connectivity index (χ0v) is 15.3. The number of ether oxygens (including phenoxy) is 1. The lowest BCUT2D eigenvalue weighted by atomic mass is 10.0. The van der Waals surface area contributed by atoms with Gasteiger partial charge in [0.2, 0.25) is 0 Å². The molecule has 0 bridgehead atoms. The predicted octanol–water partition coefficient (Wildman–Crippen LogP) is 3.90. The van der Waals surface area contributed by atoms with Crippen LogP contribution in [0.2, 0.25) is 0 Å². The van der Waals surface area contributed by atoms with Crippen LogP contribution in [0.5, 0.6) is 5.75 Å². The number of methoxy groups -OCH3 is 1. The lowest BCUT2D eigenvalue weighted by molar-refractivity contribution is -0.123. The Morgan fingerprint density at radius 2 is 1.70 bits per heavy atom. The van der Waals surface area contributed by atoms with Crippen LogP contribution >= 0.6 is 11.3 Å². The van der Waals surface area contributed by atoms with Crippen molar-refractivity contribution < 1.29 is 14.3 Å². The first-order valence-corrected chi connectivity index (χ1v) is 9.24. The number of hydrogen-bond acceptors (Lipinski definition) is 5. The Morgan fingerprint density at radius 1 is 0.926 bits per heavy atom. The van der Waals surface area contributed by atoms with Gasteiger partial charge < -0.3 is 10.1 Å². The first kappa shape index (κ1) is 17.1. The van der Waals surface area contributed by atoms with Gasteiger partial charge in [-0.1, -0.05) is 30.3 Å². The van der Waals surface area contributed by atoms with Crippen LogP contribution in [0.1, 0.15) is 5.56 Å². The highest BCUT2D eigenvalue weighted by molar-refractivity contribution is 7.08. The second kappa shape index (κ2) is 7.09. The minimum Gasteiger partial charge on any atom is -0.496 e. The van der Waals surface area contributed by atoms with E-state index in [1.54, 1.807) is 29.5 Å². The van der Waals surface area contributed by atoms with E-state index < -0.39 is 11.8 Å². The Hall–Kier alpha value is -3.38. The van der Waals surface area contributed by atoms with Crippen LogP contribution in [-0.4, -0.2) is 18.9 Å². The van der Waals surface area contributed by atoms with E-state index in [9.17, 15) is 9.59 Å². The lowest BCUT2D eigenvalue weighted by Gasteiger charge is -2.11. The molecule has 4 rings (SSSR count). The van der Waals surface area contributed by atoms with Crippen molar-refractivity contribution in [3.63, 3.8) is 0 Å². The first-order valence-electron chi connectivity index (χ1n) is 8.30. The van der Waals surface area contributed by atoms with Gasteiger partial charge in [-0.05, 0) is 46.2 Å². The van der Waals surface area contributed by atoms with E-state index in [-0.39, 0.29) is 11.3 Å². The van der Waals surface area contributed by atoms with Gasteiger partial charge in [-0.2, -0.15) is 11.3 Å². The van der Waals surface area contributed by atoms with Gasteiger partial charge in [0.1, 0.15) is 11.4 Å². The zero-order chi connectivity index (χ0) is 18.8. The van der Waals surface area contributed by atoms with Crippen molar-refractivity contribution in [3.05, 3.63) is 76.6 Å². The van der Waals surface area contributed by atoms with Crippen molar-refractivity contribution in [3.8, 4) is 16.9 Å². The van der Waals surface area contributed by atoms with Gasteiger partial charge in [0.15, 0.2) is 0 Å². The summed E-state index contributed by atoms with van der Waals surface area (Å²) in [4.78, 5) is 24.7. The van der Waals surface area contributed by atoms with Crippen LogP contribution in [0, 0.1) is 0 Å². The number of amides is 2. The van der Waals surface area contributed by atoms with E-state index >= 15 is 0 Å². The molecule has 0 saturated heterocycles. The highest BCUT2D eigenvalue weighted by Gasteiger charge is 2.33. The third-order valence-electron chi connectivity index (χ3n) is 4.32.